The molecular formula is C17H18ClN3. The molecule has 0 saturated carbocycles. The predicted molar refractivity (Wildman–Crippen MR) is 87.7 cm³/mol. The lowest BCUT2D eigenvalue weighted by Gasteiger charge is -2.12. The first-order valence-corrected chi connectivity index (χ1v) is 7.53. The fraction of sp³-hybridized carbons (Fsp3) is 0.235. The Labute approximate surface area is 129 Å². The zero-order valence-corrected chi connectivity index (χ0v) is 12.8. The van der Waals surface area contributed by atoms with Gasteiger partial charge in [-0.3, -0.25) is 4.98 Å². The van der Waals surface area contributed by atoms with Gasteiger partial charge in [-0.1, -0.05) is 36.7 Å². The van der Waals surface area contributed by atoms with Crippen LogP contribution in [0, 0.1) is 0 Å². The van der Waals surface area contributed by atoms with Crippen LogP contribution in [0.5, 0.6) is 0 Å². The molecule has 0 atom stereocenters. The van der Waals surface area contributed by atoms with Gasteiger partial charge in [-0.05, 0) is 35.7 Å². The number of fused-ring (bicyclic) bond motifs is 1. The number of benzene rings is 1. The lowest BCUT2D eigenvalue weighted by Crippen LogP contribution is -2.16. The van der Waals surface area contributed by atoms with Gasteiger partial charge in [0.2, 0.25) is 0 Å². The second-order valence-corrected chi connectivity index (χ2v) is 5.44. The molecule has 0 spiro atoms. The minimum Gasteiger partial charge on any atom is -0.339 e. The highest BCUT2D eigenvalue weighted by Crippen LogP contribution is 2.23. The minimum atomic E-state index is 0.713. The molecule has 0 saturated heterocycles. The van der Waals surface area contributed by atoms with Crippen LogP contribution >= 0.6 is 11.6 Å². The highest BCUT2D eigenvalue weighted by molar-refractivity contribution is 6.31. The maximum absolute atomic E-state index is 6.26. The van der Waals surface area contributed by atoms with E-state index in [0.29, 0.717) is 5.02 Å². The zero-order valence-electron chi connectivity index (χ0n) is 12.0. The van der Waals surface area contributed by atoms with Gasteiger partial charge >= 0.3 is 0 Å². The molecule has 0 aliphatic rings. The van der Waals surface area contributed by atoms with Crippen LogP contribution in [0.25, 0.3) is 10.9 Å². The van der Waals surface area contributed by atoms with Crippen LogP contribution in [0.4, 0.5) is 0 Å². The van der Waals surface area contributed by atoms with Gasteiger partial charge in [0.1, 0.15) is 0 Å². The molecule has 4 heteroatoms. The quantitative estimate of drug-likeness (QED) is 0.775. The molecule has 3 rings (SSSR count). The molecule has 21 heavy (non-hydrogen) atoms. The normalized spacial score (nSPS) is 11.1. The van der Waals surface area contributed by atoms with Gasteiger partial charge < -0.3 is 9.88 Å². The number of rotatable bonds is 5. The second-order valence-electron chi connectivity index (χ2n) is 5.03. The van der Waals surface area contributed by atoms with Crippen molar-refractivity contribution < 1.29 is 0 Å². The summed E-state index contributed by atoms with van der Waals surface area (Å²) in [6, 6.07) is 12.7. The first-order chi connectivity index (χ1) is 10.3. The number of nitrogens with one attached hydrogen (secondary N) is 1. The number of halogens is 1. The largest absolute Gasteiger partial charge is 0.339 e. The Morgan fingerprint density at radius 3 is 2.90 bits per heavy atom. The van der Waals surface area contributed by atoms with E-state index in [1.165, 1.54) is 16.6 Å². The molecule has 3 aromatic rings. The highest BCUT2D eigenvalue weighted by Gasteiger charge is 2.10. The smallest absolute Gasteiger partial charge is 0.0639 e. The highest BCUT2D eigenvalue weighted by atomic mass is 35.5. The van der Waals surface area contributed by atoms with E-state index in [0.717, 1.165) is 25.2 Å². The van der Waals surface area contributed by atoms with E-state index in [4.69, 9.17) is 11.6 Å². The maximum atomic E-state index is 6.26. The van der Waals surface area contributed by atoms with E-state index in [9.17, 15) is 0 Å². The predicted octanol–water partition coefficient (Wildman–Crippen LogP) is 3.85. The molecular weight excluding hydrogens is 282 g/mol. The lowest BCUT2D eigenvalue weighted by molar-refractivity contribution is 0.666. The molecule has 0 aliphatic heterocycles. The van der Waals surface area contributed by atoms with E-state index in [-0.39, 0.29) is 0 Å². The Balaban J connectivity index is 2.04. The van der Waals surface area contributed by atoms with Crippen molar-refractivity contribution in [3.05, 3.63) is 65.1 Å². The average molecular weight is 300 g/mol. The topological polar surface area (TPSA) is 29.9 Å². The molecule has 2 heterocycles. The Kier molecular flexibility index (Phi) is 4.23. The average Bonchev–Trinajstić information content (AvgIpc) is 2.85. The number of nitrogens with zero attached hydrogens (tertiary/aromatic N) is 2. The molecule has 0 radical (unpaired) electrons. The Morgan fingerprint density at radius 2 is 2.10 bits per heavy atom. The zero-order chi connectivity index (χ0) is 14.7. The standard InChI is InChI=1S/C17H18ClN3/c1-2-19-10-15-9-13-5-3-4-6-17(13)21(15)12-14-7-8-20-11-16(14)18/h3-9,11,19H,2,10,12H2,1H3. The summed E-state index contributed by atoms with van der Waals surface area (Å²) in [7, 11) is 0. The van der Waals surface area contributed by atoms with Gasteiger partial charge in [0.15, 0.2) is 0 Å². The van der Waals surface area contributed by atoms with Crippen molar-refractivity contribution in [1.82, 2.24) is 14.9 Å². The summed E-state index contributed by atoms with van der Waals surface area (Å²) in [6.45, 7) is 4.69. The van der Waals surface area contributed by atoms with E-state index in [1.54, 1.807) is 12.4 Å². The van der Waals surface area contributed by atoms with E-state index < -0.39 is 0 Å². The van der Waals surface area contributed by atoms with Crippen LogP contribution in [0.2, 0.25) is 5.02 Å². The third kappa shape index (κ3) is 2.94. The summed E-state index contributed by atoms with van der Waals surface area (Å²) in [6.07, 6.45) is 3.49. The summed E-state index contributed by atoms with van der Waals surface area (Å²) in [5.74, 6) is 0. The van der Waals surface area contributed by atoms with Gasteiger partial charge in [0.05, 0.1) is 5.02 Å². The maximum Gasteiger partial charge on any atom is 0.0639 e. The van der Waals surface area contributed by atoms with Crippen LogP contribution in [-0.4, -0.2) is 16.1 Å². The van der Waals surface area contributed by atoms with Gasteiger partial charge in [-0.15, -0.1) is 0 Å². The van der Waals surface area contributed by atoms with Crippen molar-refractivity contribution in [1.29, 1.82) is 0 Å². The molecule has 0 unspecified atom stereocenters. The molecule has 0 amide bonds. The number of hydrogen-bond donors (Lipinski definition) is 1. The molecule has 1 aromatic carbocycles. The Morgan fingerprint density at radius 1 is 1.24 bits per heavy atom. The number of pyridine rings is 1. The van der Waals surface area contributed by atoms with Crippen molar-refractivity contribution >= 4 is 22.5 Å². The van der Waals surface area contributed by atoms with E-state index in [2.05, 4.69) is 52.1 Å². The van der Waals surface area contributed by atoms with Crippen molar-refractivity contribution in [2.24, 2.45) is 0 Å². The molecule has 1 N–H and O–H groups in total. The Bertz CT molecular complexity index is 749. The molecule has 0 fully saturated rings. The van der Waals surface area contributed by atoms with Crippen molar-refractivity contribution in [3.8, 4) is 0 Å². The number of para-hydroxylation sites is 1. The number of hydrogen-bond acceptors (Lipinski definition) is 2. The van der Waals surface area contributed by atoms with Gasteiger partial charge in [-0.25, -0.2) is 0 Å². The molecule has 0 bridgehead atoms. The first-order valence-electron chi connectivity index (χ1n) is 7.16. The summed E-state index contributed by atoms with van der Waals surface area (Å²) < 4.78 is 2.32. The van der Waals surface area contributed by atoms with Crippen LogP contribution < -0.4 is 5.32 Å². The second kappa shape index (κ2) is 6.29. The van der Waals surface area contributed by atoms with Gasteiger partial charge in [-0.2, -0.15) is 0 Å². The van der Waals surface area contributed by atoms with Gasteiger partial charge in [0.25, 0.3) is 0 Å². The van der Waals surface area contributed by atoms with E-state index >= 15 is 0 Å². The van der Waals surface area contributed by atoms with Crippen LogP contribution in [0.3, 0.4) is 0 Å². The summed E-state index contributed by atoms with van der Waals surface area (Å²) in [4.78, 5) is 4.05. The van der Waals surface area contributed by atoms with E-state index in [1.807, 2.05) is 6.07 Å². The summed E-state index contributed by atoms with van der Waals surface area (Å²) in [5, 5.41) is 5.37. The lowest BCUT2D eigenvalue weighted by atomic mass is 10.2. The number of aromatic nitrogens is 2. The summed E-state index contributed by atoms with van der Waals surface area (Å²) >= 11 is 6.26. The Hall–Kier alpha value is -1.84. The molecule has 2 aromatic heterocycles. The monoisotopic (exact) mass is 299 g/mol. The minimum absolute atomic E-state index is 0.713. The summed E-state index contributed by atoms with van der Waals surface area (Å²) in [5.41, 5.74) is 3.59. The fourth-order valence-corrected chi connectivity index (χ4v) is 2.74. The third-order valence-corrected chi connectivity index (χ3v) is 3.98. The van der Waals surface area contributed by atoms with Crippen molar-refractivity contribution in [2.75, 3.05) is 6.54 Å². The van der Waals surface area contributed by atoms with Gasteiger partial charge in [0, 0.05) is 36.7 Å². The van der Waals surface area contributed by atoms with Crippen LogP contribution in [0.15, 0.2) is 48.8 Å². The fourth-order valence-electron chi connectivity index (χ4n) is 2.56. The third-order valence-electron chi connectivity index (χ3n) is 3.64. The SMILES string of the molecule is CCNCc1cc2ccccc2n1Cc1ccncc1Cl. The molecule has 0 aliphatic carbocycles. The van der Waals surface area contributed by atoms with Crippen molar-refractivity contribution in [3.63, 3.8) is 0 Å². The van der Waals surface area contributed by atoms with Crippen LogP contribution in [0.1, 0.15) is 18.2 Å². The molecule has 3 nitrogen and oxygen atoms in total. The van der Waals surface area contributed by atoms with Crippen LogP contribution in [-0.2, 0) is 13.1 Å². The molecule has 108 valence electrons. The first kappa shape index (κ1) is 14.1. The van der Waals surface area contributed by atoms with Crippen molar-refractivity contribution in [2.45, 2.75) is 20.0 Å².